The third kappa shape index (κ3) is 1.52. The summed E-state index contributed by atoms with van der Waals surface area (Å²) in [5.41, 5.74) is 2.38. The second-order valence-electron chi connectivity index (χ2n) is 3.76. The van der Waals surface area contributed by atoms with Crippen LogP contribution >= 0.6 is 21.6 Å². The normalized spacial score (nSPS) is 22.4. The summed E-state index contributed by atoms with van der Waals surface area (Å²) < 4.78 is 2.55. The Morgan fingerprint density at radius 3 is 1.75 bits per heavy atom. The van der Waals surface area contributed by atoms with Crippen LogP contribution < -0.4 is 8.70 Å². The molecule has 3 rings (SSSR count). The molecule has 0 saturated carbocycles. The summed E-state index contributed by atoms with van der Waals surface area (Å²) >= 11 is 4.89. The van der Waals surface area contributed by atoms with E-state index in [1.54, 1.807) is 0 Å². The van der Waals surface area contributed by atoms with Crippen molar-refractivity contribution in [2.45, 2.75) is 5.38 Å². The van der Waals surface area contributed by atoms with Crippen LogP contribution in [0.2, 0.25) is 0 Å². The Hall–Kier alpha value is -0.422. The SMILES string of the molecule is ClC1c2ccccc2[As](Cl)c2ccccc21. The predicted octanol–water partition coefficient (Wildman–Crippen LogP) is 2.67. The number of fused-ring (bicyclic) bond motifs is 2. The van der Waals surface area contributed by atoms with Crippen LogP contribution in [-0.4, -0.2) is 13.7 Å². The summed E-state index contributed by atoms with van der Waals surface area (Å²) in [6.07, 6.45) is 0. The van der Waals surface area contributed by atoms with Crippen LogP contribution in [-0.2, 0) is 0 Å². The summed E-state index contributed by atoms with van der Waals surface area (Å²) in [4.78, 5) is 0. The molecular weight excluding hydrogens is 302 g/mol. The number of rotatable bonds is 0. The van der Waals surface area contributed by atoms with Gasteiger partial charge in [0.1, 0.15) is 0 Å². The zero-order chi connectivity index (χ0) is 11.1. The molecule has 0 fully saturated rings. The Labute approximate surface area is 109 Å². The van der Waals surface area contributed by atoms with Crippen molar-refractivity contribution in [3.05, 3.63) is 59.7 Å². The summed E-state index contributed by atoms with van der Waals surface area (Å²) in [6.45, 7) is 0. The van der Waals surface area contributed by atoms with E-state index in [2.05, 4.69) is 24.3 Å². The zero-order valence-corrected chi connectivity index (χ0v) is 11.8. The van der Waals surface area contributed by atoms with E-state index in [0.717, 1.165) is 0 Å². The third-order valence-electron chi connectivity index (χ3n) is 2.84. The van der Waals surface area contributed by atoms with Crippen molar-refractivity contribution in [1.82, 2.24) is 0 Å². The van der Waals surface area contributed by atoms with E-state index >= 15 is 0 Å². The fourth-order valence-electron chi connectivity index (χ4n) is 2.06. The van der Waals surface area contributed by atoms with Crippen LogP contribution in [0, 0.1) is 0 Å². The molecule has 1 aliphatic rings. The molecule has 16 heavy (non-hydrogen) atoms. The van der Waals surface area contributed by atoms with Gasteiger partial charge in [-0.1, -0.05) is 0 Å². The van der Waals surface area contributed by atoms with E-state index in [9.17, 15) is 0 Å². The Morgan fingerprint density at radius 2 is 1.25 bits per heavy atom. The monoisotopic (exact) mass is 310 g/mol. The molecule has 2 aromatic carbocycles. The van der Waals surface area contributed by atoms with E-state index in [1.807, 2.05) is 24.3 Å². The summed E-state index contributed by atoms with van der Waals surface area (Å²) in [5.74, 6) is 0. The van der Waals surface area contributed by atoms with Gasteiger partial charge >= 0.3 is 109 Å². The van der Waals surface area contributed by atoms with Crippen molar-refractivity contribution in [2.75, 3.05) is 0 Å². The maximum absolute atomic E-state index is 6.63. The number of hydrogen-bond acceptors (Lipinski definition) is 0. The molecule has 0 unspecified atom stereocenters. The first-order valence-corrected chi connectivity index (χ1v) is 9.85. The Bertz CT molecular complexity index is 443. The minimum absolute atomic E-state index is 0.0447. The van der Waals surface area contributed by atoms with Gasteiger partial charge in [0.25, 0.3) is 0 Å². The molecule has 0 radical (unpaired) electrons. The molecule has 0 spiro atoms. The van der Waals surface area contributed by atoms with Gasteiger partial charge in [-0.05, 0) is 0 Å². The maximum atomic E-state index is 6.63. The van der Waals surface area contributed by atoms with Crippen molar-refractivity contribution < 1.29 is 0 Å². The number of halogens is 2. The molecule has 0 nitrogen and oxygen atoms in total. The van der Waals surface area contributed by atoms with Gasteiger partial charge in [-0.3, -0.25) is 0 Å². The molecule has 0 aliphatic carbocycles. The molecule has 0 atom stereocenters. The van der Waals surface area contributed by atoms with Gasteiger partial charge in [0, 0.05) is 0 Å². The van der Waals surface area contributed by atoms with Crippen molar-refractivity contribution in [3.8, 4) is 0 Å². The Morgan fingerprint density at radius 1 is 0.812 bits per heavy atom. The molecule has 0 N–H and O–H groups in total. The van der Waals surface area contributed by atoms with Crippen molar-refractivity contribution in [1.29, 1.82) is 0 Å². The molecule has 0 saturated heterocycles. The van der Waals surface area contributed by atoms with E-state index < -0.39 is 13.7 Å². The van der Waals surface area contributed by atoms with Gasteiger partial charge in [0.15, 0.2) is 0 Å². The molecule has 0 aromatic heterocycles. The molecule has 80 valence electrons. The van der Waals surface area contributed by atoms with Gasteiger partial charge in [-0.2, -0.15) is 0 Å². The predicted molar refractivity (Wildman–Crippen MR) is 71.5 cm³/mol. The van der Waals surface area contributed by atoms with Crippen LogP contribution in [0.4, 0.5) is 0 Å². The first-order chi connectivity index (χ1) is 7.79. The molecule has 0 bridgehead atoms. The third-order valence-corrected chi connectivity index (χ3v) is 8.69. The van der Waals surface area contributed by atoms with Crippen LogP contribution in [0.15, 0.2) is 48.5 Å². The first-order valence-electron chi connectivity index (χ1n) is 5.07. The summed E-state index contributed by atoms with van der Waals surface area (Å²) in [7, 11) is 6.63. The molecule has 3 heteroatoms. The molecule has 1 heterocycles. The number of benzene rings is 2. The van der Waals surface area contributed by atoms with E-state index in [-0.39, 0.29) is 5.38 Å². The standard InChI is InChI=1S/C13H9AsCl2/c15-13-9-5-1-3-7-11(9)14(16)12-8-4-2-6-10(12)13/h1-8,13H. The molecule has 1 aliphatic heterocycles. The minimum atomic E-state index is -1.61. The van der Waals surface area contributed by atoms with Gasteiger partial charge in [-0.25, -0.2) is 0 Å². The molecular formula is C13H9AsCl2. The number of alkyl halides is 1. The second-order valence-corrected chi connectivity index (χ2v) is 9.15. The van der Waals surface area contributed by atoms with E-state index in [1.165, 1.54) is 19.8 Å². The summed E-state index contributed by atoms with van der Waals surface area (Å²) in [6, 6.07) is 16.6. The van der Waals surface area contributed by atoms with Gasteiger partial charge < -0.3 is 0 Å². The van der Waals surface area contributed by atoms with E-state index in [0.29, 0.717) is 0 Å². The first kappa shape index (κ1) is 10.7. The van der Waals surface area contributed by atoms with Crippen LogP contribution in [0.5, 0.6) is 0 Å². The van der Waals surface area contributed by atoms with Gasteiger partial charge in [0.05, 0.1) is 0 Å². The fourth-order valence-corrected chi connectivity index (χ4v) is 7.63. The Kier molecular flexibility index (Phi) is 2.75. The van der Waals surface area contributed by atoms with Crippen molar-refractivity contribution in [2.24, 2.45) is 0 Å². The molecule has 0 amide bonds. The van der Waals surface area contributed by atoms with Crippen LogP contribution in [0.1, 0.15) is 16.5 Å². The van der Waals surface area contributed by atoms with Gasteiger partial charge in [0.2, 0.25) is 0 Å². The average Bonchev–Trinajstić information content (AvgIpc) is 2.36. The average molecular weight is 311 g/mol. The van der Waals surface area contributed by atoms with Crippen molar-refractivity contribution >= 4 is 44.0 Å². The summed E-state index contributed by atoms with van der Waals surface area (Å²) in [5, 5.41) is -0.0447. The quantitative estimate of drug-likeness (QED) is 0.518. The molecule has 2 aromatic rings. The van der Waals surface area contributed by atoms with Crippen LogP contribution in [0.25, 0.3) is 0 Å². The van der Waals surface area contributed by atoms with Crippen molar-refractivity contribution in [3.63, 3.8) is 0 Å². The van der Waals surface area contributed by atoms with Gasteiger partial charge in [-0.15, -0.1) is 0 Å². The number of hydrogen-bond donors (Lipinski definition) is 0. The fraction of sp³-hybridized carbons (Fsp3) is 0.0769. The zero-order valence-electron chi connectivity index (χ0n) is 8.40. The topological polar surface area (TPSA) is 0 Å². The van der Waals surface area contributed by atoms with Crippen LogP contribution in [0.3, 0.4) is 0 Å². The second kappa shape index (κ2) is 4.11. The Balaban J connectivity index is 2.26. The van der Waals surface area contributed by atoms with E-state index in [4.69, 9.17) is 21.6 Å².